The second-order valence-electron chi connectivity index (χ2n) is 4.09. The summed E-state index contributed by atoms with van der Waals surface area (Å²) in [6, 6.07) is 5.67. The average Bonchev–Trinajstić information content (AvgIpc) is 2.29. The number of halogens is 1. The Morgan fingerprint density at radius 2 is 1.94 bits per heavy atom. The first-order chi connectivity index (χ1) is 8.06. The molecular weight excluding hydrogens is 221 g/mol. The number of rotatable bonds is 5. The van der Waals surface area contributed by atoms with Crippen LogP contribution in [0, 0.1) is 5.82 Å². The molecule has 1 rings (SSSR count). The first-order valence-electron chi connectivity index (χ1n) is 5.61. The van der Waals surface area contributed by atoms with Gasteiger partial charge in [-0.15, -0.1) is 0 Å². The first kappa shape index (κ1) is 13.6. The van der Waals surface area contributed by atoms with Gasteiger partial charge in [-0.1, -0.05) is 0 Å². The van der Waals surface area contributed by atoms with Crippen molar-refractivity contribution in [2.75, 3.05) is 20.3 Å². The van der Waals surface area contributed by atoms with E-state index in [9.17, 15) is 9.18 Å². The minimum Gasteiger partial charge on any atom is -0.383 e. The summed E-state index contributed by atoms with van der Waals surface area (Å²) < 4.78 is 17.7. The zero-order chi connectivity index (χ0) is 12.8. The molecule has 17 heavy (non-hydrogen) atoms. The lowest BCUT2D eigenvalue weighted by Crippen LogP contribution is -2.39. The minimum absolute atomic E-state index is 0.0858. The van der Waals surface area contributed by atoms with E-state index in [4.69, 9.17) is 4.74 Å². The van der Waals surface area contributed by atoms with Crippen LogP contribution in [0.4, 0.5) is 4.39 Å². The minimum atomic E-state index is -0.338. The Bertz CT molecular complexity index is 362. The topological polar surface area (TPSA) is 29.5 Å². The Balaban J connectivity index is 2.80. The van der Waals surface area contributed by atoms with Gasteiger partial charge in [0.1, 0.15) is 5.82 Å². The number of hydrogen-bond acceptors (Lipinski definition) is 2. The van der Waals surface area contributed by atoms with Gasteiger partial charge in [0, 0.05) is 25.3 Å². The summed E-state index contributed by atoms with van der Waals surface area (Å²) in [5, 5.41) is 0. The van der Waals surface area contributed by atoms with Crippen LogP contribution in [0.15, 0.2) is 24.3 Å². The van der Waals surface area contributed by atoms with E-state index < -0.39 is 0 Å². The van der Waals surface area contributed by atoms with E-state index in [-0.39, 0.29) is 17.8 Å². The number of benzene rings is 1. The highest BCUT2D eigenvalue weighted by Crippen LogP contribution is 2.09. The van der Waals surface area contributed by atoms with Crippen LogP contribution >= 0.6 is 0 Å². The van der Waals surface area contributed by atoms with Crippen molar-refractivity contribution in [3.05, 3.63) is 35.6 Å². The molecule has 0 bridgehead atoms. The van der Waals surface area contributed by atoms with E-state index in [0.29, 0.717) is 18.7 Å². The molecule has 0 aliphatic carbocycles. The molecule has 0 aliphatic heterocycles. The van der Waals surface area contributed by atoms with Crippen LogP contribution < -0.4 is 0 Å². The van der Waals surface area contributed by atoms with Crippen molar-refractivity contribution in [3.8, 4) is 0 Å². The Kier molecular flexibility index (Phi) is 5.10. The SMILES string of the molecule is COCCN(C(=O)c1ccc(F)cc1)C(C)C. The molecule has 94 valence electrons. The Morgan fingerprint density at radius 3 is 2.41 bits per heavy atom. The summed E-state index contributed by atoms with van der Waals surface area (Å²) in [6.45, 7) is 4.91. The van der Waals surface area contributed by atoms with Gasteiger partial charge < -0.3 is 9.64 Å². The van der Waals surface area contributed by atoms with Gasteiger partial charge in [0.2, 0.25) is 0 Å². The lowest BCUT2D eigenvalue weighted by molar-refractivity contribution is 0.0635. The van der Waals surface area contributed by atoms with Crippen molar-refractivity contribution in [2.45, 2.75) is 19.9 Å². The van der Waals surface area contributed by atoms with E-state index in [0.717, 1.165) is 0 Å². The molecule has 0 N–H and O–H groups in total. The lowest BCUT2D eigenvalue weighted by Gasteiger charge is -2.26. The smallest absolute Gasteiger partial charge is 0.254 e. The predicted octanol–water partition coefficient (Wildman–Crippen LogP) is 2.32. The van der Waals surface area contributed by atoms with Crippen molar-refractivity contribution in [3.63, 3.8) is 0 Å². The molecule has 0 atom stereocenters. The molecule has 0 radical (unpaired) electrons. The van der Waals surface area contributed by atoms with Crippen LogP contribution in [0.3, 0.4) is 0 Å². The van der Waals surface area contributed by atoms with Gasteiger partial charge in [-0.2, -0.15) is 0 Å². The van der Waals surface area contributed by atoms with Gasteiger partial charge in [-0.05, 0) is 38.1 Å². The summed E-state index contributed by atoms with van der Waals surface area (Å²) in [6.07, 6.45) is 0. The highest BCUT2D eigenvalue weighted by atomic mass is 19.1. The summed E-state index contributed by atoms with van der Waals surface area (Å²) in [4.78, 5) is 13.9. The van der Waals surface area contributed by atoms with Crippen LogP contribution in [-0.4, -0.2) is 37.1 Å². The molecular formula is C13H18FNO2. The molecule has 0 heterocycles. The highest BCUT2D eigenvalue weighted by molar-refractivity contribution is 5.94. The predicted molar refractivity (Wildman–Crippen MR) is 64.4 cm³/mol. The van der Waals surface area contributed by atoms with Crippen LogP contribution in [0.5, 0.6) is 0 Å². The molecule has 0 spiro atoms. The number of nitrogens with zero attached hydrogens (tertiary/aromatic N) is 1. The number of amides is 1. The fourth-order valence-electron chi connectivity index (χ4n) is 1.54. The van der Waals surface area contributed by atoms with Gasteiger partial charge >= 0.3 is 0 Å². The summed E-state index contributed by atoms with van der Waals surface area (Å²) in [7, 11) is 1.60. The fourth-order valence-corrected chi connectivity index (χ4v) is 1.54. The lowest BCUT2D eigenvalue weighted by atomic mass is 10.1. The molecule has 0 saturated heterocycles. The second-order valence-corrected chi connectivity index (χ2v) is 4.09. The van der Waals surface area contributed by atoms with Crippen LogP contribution in [-0.2, 0) is 4.74 Å². The Labute approximate surface area is 101 Å². The van der Waals surface area contributed by atoms with Crippen molar-refractivity contribution in [2.24, 2.45) is 0 Å². The van der Waals surface area contributed by atoms with E-state index in [1.165, 1.54) is 24.3 Å². The standard InChI is InChI=1S/C13H18FNO2/c1-10(2)15(8-9-17-3)13(16)11-4-6-12(14)7-5-11/h4-7,10H,8-9H2,1-3H3. The first-order valence-corrected chi connectivity index (χ1v) is 5.61. The van der Waals surface area contributed by atoms with Crippen LogP contribution in [0.2, 0.25) is 0 Å². The van der Waals surface area contributed by atoms with Crippen molar-refractivity contribution < 1.29 is 13.9 Å². The van der Waals surface area contributed by atoms with E-state index in [2.05, 4.69) is 0 Å². The monoisotopic (exact) mass is 239 g/mol. The molecule has 0 aromatic heterocycles. The maximum atomic E-state index is 12.8. The Hall–Kier alpha value is -1.42. The largest absolute Gasteiger partial charge is 0.383 e. The Morgan fingerprint density at radius 1 is 1.35 bits per heavy atom. The average molecular weight is 239 g/mol. The van der Waals surface area contributed by atoms with Crippen molar-refractivity contribution in [1.82, 2.24) is 4.90 Å². The van der Waals surface area contributed by atoms with Crippen LogP contribution in [0.25, 0.3) is 0 Å². The molecule has 1 aromatic rings. The van der Waals surface area contributed by atoms with Gasteiger partial charge in [0.25, 0.3) is 5.91 Å². The van der Waals surface area contributed by atoms with E-state index >= 15 is 0 Å². The van der Waals surface area contributed by atoms with Crippen LogP contribution in [0.1, 0.15) is 24.2 Å². The zero-order valence-electron chi connectivity index (χ0n) is 10.4. The number of ether oxygens (including phenoxy) is 1. The molecule has 0 fully saturated rings. The van der Waals surface area contributed by atoms with Gasteiger partial charge in [-0.25, -0.2) is 4.39 Å². The number of methoxy groups -OCH3 is 1. The molecule has 1 aromatic carbocycles. The number of hydrogen-bond donors (Lipinski definition) is 0. The van der Waals surface area contributed by atoms with Gasteiger partial charge in [-0.3, -0.25) is 4.79 Å². The van der Waals surface area contributed by atoms with E-state index in [1.807, 2.05) is 13.8 Å². The quantitative estimate of drug-likeness (QED) is 0.789. The third-order valence-corrected chi connectivity index (χ3v) is 2.51. The molecule has 0 unspecified atom stereocenters. The molecule has 4 heteroatoms. The maximum absolute atomic E-state index is 12.8. The summed E-state index contributed by atoms with van der Waals surface area (Å²) in [5.41, 5.74) is 0.496. The normalized spacial score (nSPS) is 10.6. The molecule has 0 aliphatic rings. The highest BCUT2D eigenvalue weighted by Gasteiger charge is 2.18. The maximum Gasteiger partial charge on any atom is 0.254 e. The van der Waals surface area contributed by atoms with Crippen molar-refractivity contribution in [1.29, 1.82) is 0 Å². The van der Waals surface area contributed by atoms with Gasteiger partial charge in [0.05, 0.1) is 6.61 Å². The zero-order valence-corrected chi connectivity index (χ0v) is 10.4. The third kappa shape index (κ3) is 3.82. The third-order valence-electron chi connectivity index (χ3n) is 2.51. The van der Waals surface area contributed by atoms with Crippen molar-refractivity contribution >= 4 is 5.91 Å². The van der Waals surface area contributed by atoms with E-state index in [1.54, 1.807) is 12.0 Å². The molecule has 3 nitrogen and oxygen atoms in total. The second kappa shape index (κ2) is 6.35. The number of carbonyl (C=O) groups excluding carboxylic acids is 1. The van der Waals surface area contributed by atoms with Gasteiger partial charge in [0.15, 0.2) is 0 Å². The fraction of sp³-hybridized carbons (Fsp3) is 0.462. The molecule has 0 saturated carbocycles. The summed E-state index contributed by atoms with van der Waals surface area (Å²) >= 11 is 0. The molecule has 1 amide bonds. The summed E-state index contributed by atoms with van der Waals surface area (Å²) in [5.74, 6) is -0.438. The number of carbonyl (C=O) groups is 1.